The van der Waals surface area contributed by atoms with E-state index in [1.54, 1.807) is 0 Å². The molecule has 2 heterocycles. The lowest BCUT2D eigenvalue weighted by molar-refractivity contribution is 0.663. The Hall–Kier alpha value is -6.06. The number of para-hydroxylation sites is 3. The van der Waals surface area contributed by atoms with Crippen molar-refractivity contribution in [1.82, 2.24) is 0 Å². The molecule has 7 aromatic carbocycles. The molecule has 45 heavy (non-hydrogen) atoms. The Labute approximate surface area is 260 Å². The molecular weight excluding hydrogens is 550 g/mol. The van der Waals surface area contributed by atoms with Gasteiger partial charge in [0, 0.05) is 44.2 Å². The van der Waals surface area contributed by atoms with Crippen molar-refractivity contribution < 1.29 is 8.83 Å². The minimum Gasteiger partial charge on any atom is -0.456 e. The maximum absolute atomic E-state index is 6.72. The second-order valence-corrected chi connectivity index (χ2v) is 11.3. The van der Waals surface area contributed by atoms with Crippen LogP contribution in [-0.2, 0) is 0 Å². The summed E-state index contributed by atoms with van der Waals surface area (Å²) in [5, 5.41) is 4.36. The largest absolute Gasteiger partial charge is 0.456 e. The van der Waals surface area contributed by atoms with E-state index in [9.17, 15) is 0 Å². The van der Waals surface area contributed by atoms with Crippen LogP contribution in [0.1, 0.15) is 0 Å². The van der Waals surface area contributed by atoms with Gasteiger partial charge in [-0.25, -0.2) is 0 Å². The Morgan fingerprint density at radius 3 is 1.60 bits per heavy atom. The van der Waals surface area contributed by atoms with Crippen LogP contribution in [0.5, 0.6) is 0 Å². The van der Waals surface area contributed by atoms with Crippen molar-refractivity contribution in [2.75, 3.05) is 4.90 Å². The summed E-state index contributed by atoms with van der Waals surface area (Å²) < 4.78 is 13.0. The van der Waals surface area contributed by atoms with Crippen LogP contribution in [0.4, 0.5) is 17.1 Å². The molecule has 0 aliphatic heterocycles. The molecule has 9 rings (SSSR count). The van der Waals surface area contributed by atoms with Crippen molar-refractivity contribution in [2.45, 2.75) is 0 Å². The van der Waals surface area contributed by atoms with Gasteiger partial charge in [-0.3, -0.25) is 0 Å². The summed E-state index contributed by atoms with van der Waals surface area (Å²) in [5.41, 5.74) is 11.2. The summed E-state index contributed by atoms with van der Waals surface area (Å²) in [6, 6.07) is 57.1. The Bertz CT molecular complexity index is 2420. The van der Waals surface area contributed by atoms with Gasteiger partial charge < -0.3 is 13.7 Å². The average Bonchev–Trinajstić information content (AvgIpc) is 3.68. The van der Waals surface area contributed by atoms with Gasteiger partial charge in [-0.1, -0.05) is 97.1 Å². The molecule has 0 amide bonds. The molecule has 0 N–H and O–H groups in total. The summed E-state index contributed by atoms with van der Waals surface area (Å²) in [7, 11) is 0. The molecule has 0 aliphatic carbocycles. The molecule has 0 spiro atoms. The van der Waals surface area contributed by atoms with Crippen LogP contribution in [0, 0.1) is 0 Å². The molecule has 3 heteroatoms. The zero-order valence-corrected chi connectivity index (χ0v) is 24.4. The lowest BCUT2D eigenvalue weighted by atomic mass is 9.94. The highest BCUT2D eigenvalue weighted by Crippen LogP contribution is 2.45. The smallest absolute Gasteiger partial charge is 0.143 e. The van der Waals surface area contributed by atoms with Crippen LogP contribution >= 0.6 is 0 Å². The van der Waals surface area contributed by atoms with Gasteiger partial charge in [-0.2, -0.15) is 0 Å². The molecule has 212 valence electrons. The van der Waals surface area contributed by atoms with Crippen molar-refractivity contribution in [3.8, 4) is 22.3 Å². The highest BCUT2D eigenvalue weighted by molar-refractivity contribution is 6.27. The molecule has 0 saturated carbocycles. The Morgan fingerprint density at radius 2 is 0.911 bits per heavy atom. The predicted octanol–water partition coefficient (Wildman–Crippen LogP) is 12.3. The van der Waals surface area contributed by atoms with Crippen LogP contribution in [0.25, 0.3) is 66.1 Å². The van der Waals surface area contributed by atoms with E-state index < -0.39 is 0 Å². The number of furan rings is 2. The van der Waals surface area contributed by atoms with Crippen molar-refractivity contribution >= 4 is 60.9 Å². The zero-order chi connectivity index (χ0) is 29.7. The van der Waals surface area contributed by atoms with Gasteiger partial charge in [0.25, 0.3) is 0 Å². The number of nitrogens with zero attached hydrogens (tertiary/aromatic N) is 1. The standard InChI is InChI=1S/C42H27NO2/c1-4-12-28(13-5-1)30-26-35(29-20-22-33(23-21-29)43(31-14-6-2-7-15-31)32-16-8-3-9-17-32)42-36(27-30)41-39(45-42)25-24-38-40(41)34-18-10-11-19-37(34)44-38/h1-27H. The predicted molar refractivity (Wildman–Crippen MR) is 187 cm³/mol. The van der Waals surface area contributed by atoms with Gasteiger partial charge in [0.1, 0.15) is 22.3 Å². The molecule has 3 nitrogen and oxygen atoms in total. The first kappa shape index (κ1) is 25.4. The molecule has 2 aromatic heterocycles. The summed E-state index contributed by atoms with van der Waals surface area (Å²) in [6.45, 7) is 0. The van der Waals surface area contributed by atoms with Gasteiger partial charge in [-0.15, -0.1) is 0 Å². The van der Waals surface area contributed by atoms with Gasteiger partial charge in [0.15, 0.2) is 0 Å². The van der Waals surface area contributed by atoms with Gasteiger partial charge in [-0.05, 0) is 83.4 Å². The molecular formula is C42H27NO2. The van der Waals surface area contributed by atoms with Crippen LogP contribution in [0.3, 0.4) is 0 Å². The maximum atomic E-state index is 6.72. The Balaban J connectivity index is 1.27. The highest BCUT2D eigenvalue weighted by atomic mass is 16.3. The molecule has 0 fully saturated rings. The molecule has 0 aliphatic rings. The summed E-state index contributed by atoms with van der Waals surface area (Å²) in [6.07, 6.45) is 0. The number of fused-ring (bicyclic) bond motifs is 7. The van der Waals surface area contributed by atoms with Crippen molar-refractivity contribution in [3.63, 3.8) is 0 Å². The molecule has 0 atom stereocenters. The van der Waals surface area contributed by atoms with Crippen LogP contribution in [0.2, 0.25) is 0 Å². The van der Waals surface area contributed by atoms with Crippen LogP contribution < -0.4 is 4.90 Å². The third-order valence-electron chi connectivity index (χ3n) is 8.65. The number of hydrogen-bond acceptors (Lipinski definition) is 3. The monoisotopic (exact) mass is 577 g/mol. The van der Waals surface area contributed by atoms with E-state index in [1.165, 1.54) is 0 Å². The van der Waals surface area contributed by atoms with Crippen LogP contribution in [0.15, 0.2) is 173 Å². The van der Waals surface area contributed by atoms with Crippen molar-refractivity contribution in [3.05, 3.63) is 164 Å². The van der Waals surface area contributed by atoms with E-state index >= 15 is 0 Å². The molecule has 0 bridgehead atoms. The highest BCUT2D eigenvalue weighted by Gasteiger charge is 2.20. The van der Waals surface area contributed by atoms with Gasteiger partial charge in [0.2, 0.25) is 0 Å². The summed E-state index contributed by atoms with van der Waals surface area (Å²) in [4.78, 5) is 2.28. The lowest BCUT2D eigenvalue weighted by Gasteiger charge is -2.25. The Morgan fingerprint density at radius 1 is 0.356 bits per heavy atom. The maximum Gasteiger partial charge on any atom is 0.143 e. The zero-order valence-electron chi connectivity index (χ0n) is 24.4. The Kier molecular flexibility index (Phi) is 5.82. The van der Waals surface area contributed by atoms with E-state index in [2.05, 4.69) is 132 Å². The fourth-order valence-corrected chi connectivity index (χ4v) is 6.59. The second kappa shape index (κ2) is 10.3. The van der Waals surface area contributed by atoms with E-state index in [4.69, 9.17) is 8.83 Å². The fourth-order valence-electron chi connectivity index (χ4n) is 6.59. The SMILES string of the molecule is c1ccc(-c2cc(-c3ccc(N(c4ccccc4)c4ccccc4)cc3)c3oc4ccc5oc6ccccc6c5c4c3c2)cc1. The first-order valence-electron chi connectivity index (χ1n) is 15.2. The minimum atomic E-state index is 0.853. The molecule has 0 saturated heterocycles. The number of anilines is 3. The minimum absolute atomic E-state index is 0.853. The van der Waals surface area contributed by atoms with Crippen molar-refractivity contribution in [2.24, 2.45) is 0 Å². The number of rotatable bonds is 5. The third kappa shape index (κ3) is 4.21. The topological polar surface area (TPSA) is 29.5 Å². The molecule has 9 aromatic rings. The second-order valence-electron chi connectivity index (χ2n) is 11.3. The average molecular weight is 578 g/mol. The quantitative estimate of drug-likeness (QED) is 0.204. The third-order valence-corrected chi connectivity index (χ3v) is 8.65. The van der Waals surface area contributed by atoms with E-state index in [0.717, 1.165) is 83.2 Å². The summed E-state index contributed by atoms with van der Waals surface area (Å²) in [5.74, 6) is 0. The normalized spacial score (nSPS) is 11.6. The summed E-state index contributed by atoms with van der Waals surface area (Å²) >= 11 is 0. The number of benzene rings is 7. The van der Waals surface area contributed by atoms with E-state index in [0.29, 0.717) is 0 Å². The lowest BCUT2D eigenvalue weighted by Crippen LogP contribution is -2.09. The first-order chi connectivity index (χ1) is 22.3. The van der Waals surface area contributed by atoms with Crippen molar-refractivity contribution in [1.29, 1.82) is 0 Å². The van der Waals surface area contributed by atoms with Gasteiger partial charge >= 0.3 is 0 Å². The van der Waals surface area contributed by atoms with E-state index in [1.807, 2.05) is 36.4 Å². The first-order valence-corrected chi connectivity index (χ1v) is 15.2. The molecule has 0 radical (unpaired) electrons. The molecule has 0 unspecified atom stereocenters. The fraction of sp³-hybridized carbons (Fsp3) is 0. The van der Waals surface area contributed by atoms with Crippen LogP contribution in [-0.4, -0.2) is 0 Å². The van der Waals surface area contributed by atoms with Gasteiger partial charge in [0.05, 0.1) is 0 Å². The van der Waals surface area contributed by atoms with E-state index in [-0.39, 0.29) is 0 Å². The number of hydrogen-bond donors (Lipinski definition) is 0.